The lowest BCUT2D eigenvalue weighted by molar-refractivity contribution is -0.0328. The molecule has 0 bridgehead atoms. The molecule has 0 spiro atoms. The van der Waals surface area contributed by atoms with Crippen molar-refractivity contribution < 1.29 is 13.2 Å². The van der Waals surface area contributed by atoms with Gasteiger partial charge in [-0.25, -0.2) is 0 Å². The van der Waals surface area contributed by atoms with Crippen molar-refractivity contribution in [3.05, 3.63) is 58.1 Å². The van der Waals surface area contributed by atoms with Gasteiger partial charge in [-0.2, -0.15) is 13.2 Å². The first kappa shape index (κ1) is 16.3. The highest BCUT2D eigenvalue weighted by molar-refractivity contribution is 8.00. The summed E-state index contributed by atoms with van der Waals surface area (Å²) < 4.78 is 36.6. The molecule has 21 heavy (non-hydrogen) atoms. The fourth-order valence-corrected chi connectivity index (χ4v) is 2.57. The predicted molar refractivity (Wildman–Crippen MR) is 82.1 cm³/mol. The highest BCUT2D eigenvalue weighted by Crippen LogP contribution is 2.37. The van der Waals surface area contributed by atoms with E-state index in [0.29, 0.717) is 22.3 Å². The largest absolute Gasteiger partial charge is 0.446 e. The van der Waals surface area contributed by atoms with E-state index in [1.165, 1.54) is 12.1 Å². The molecule has 0 aliphatic rings. The van der Waals surface area contributed by atoms with Gasteiger partial charge in [0.15, 0.2) is 0 Å². The van der Waals surface area contributed by atoms with Crippen molar-refractivity contribution in [3.8, 4) is 0 Å². The molecule has 0 radical (unpaired) electrons. The van der Waals surface area contributed by atoms with E-state index in [2.05, 4.69) is 5.32 Å². The summed E-state index contributed by atoms with van der Waals surface area (Å²) in [4.78, 5) is 0.147. The van der Waals surface area contributed by atoms with Gasteiger partial charge in [0, 0.05) is 27.2 Å². The maximum absolute atomic E-state index is 12.2. The van der Waals surface area contributed by atoms with Gasteiger partial charge < -0.3 is 5.32 Å². The summed E-state index contributed by atoms with van der Waals surface area (Å²) >= 11 is 11.8. The minimum atomic E-state index is -4.27. The topological polar surface area (TPSA) is 12.0 Å². The van der Waals surface area contributed by atoms with Gasteiger partial charge in [-0.1, -0.05) is 23.2 Å². The molecule has 0 heterocycles. The molecule has 2 aromatic carbocycles. The zero-order valence-electron chi connectivity index (χ0n) is 10.5. The first-order valence-corrected chi connectivity index (χ1v) is 7.44. The van der Waals surface area contributed by atoms with Gasteiger partial charge >= 0.3 is 5.51 Å². The summed E-state index contributed by atoms with van der Waals surface area (Å²) in [6, 6.07) is 11.1. The fraction of sp³-hybridized carbons (Fsp3) is 0.143. The quantitative estimate of drug-likeness (QED) is 0.656. The number of benzene rings is 2. The number of hydrogen-bond acceptors (Lipinski definition) is 2. The number of thioether (sulfide) groups is 1. The molecular weight excluding hydrogens is 342 g/mol. The van der Waals surface area contributed by atoms with Crippen LogP contribution in [-0.4, -0.2) is 5.51 Å². The van der Waals surface area contributed by atoms with Crippen LogP contribution in [0, 0.1) is 0 Å². The van der Waals surface area contributed by atoms with E-state index in [1.54, 1.807) is 30.3 Å². The molecule has 0 aromatic heterocycles. The molecule has 0 unspecified atom stereocenters. The minimum absolute atomic E-state index is 0.138. The van der Waals surface area contributed by atoms with E-state index in [-0.39, 0.29) is 16.7 Å². The Morgan fingerprint density at radius 2 is 1.67 bits per heavy atom. The van der Waals surface area contributed by atoms with Crippen molar-refractivity contribution in [2.24, 2.45) is 0 Å². The van der Waals surface area contributed by atoms with Crippen molar-refractivity contribution >= 4 is 40.7 Å². The highest BCUT2D eigenvalue weighted by Gasteiger charge is 2.28. The van der Waals surface area contributed by atoms with Crippen molar-refractivity contribution in [2.75, 3.05) is 5.32 Å². The molecule has 0 saturated heterocycles. The molecule has 1 N–H and O–H groups in total. The number of nitrogens with one attached hydrogen (secondary N) is 1. The van der Waals surface area contributed by atoms with Gasteiger partial charge in [-0.15, -0.1) is 0 Å². The molecule has 112 valence electrons. The second-order valence-corrected chi connectivity index (χ2v) is 6.14. The van der Waals surface area contributed by atoms with Gasteiger partial charge in [0.1, 0.15) is 0 Å². The fourth-order valence-electron chi connectivity index (χ4n) is 1.65. The van der Waals surface area contributed by atoms with Crippen LogP contribution in [0.5, 0.6) is 0 Å². The molecule has 0 amide bonds. The maximum Gasteiger partial charge on any atom is 0.446 e. The lowest BCUT2D eigenvalue weighted by Gasteiger charge is -2.10. The summed E-state index contributed by atoms with van der Waals surface area (Å²) in [6.45, 7) is 0.436. The van der Waals surface area contributed by atoms with Crippen molar-refractivity contribution in [3.63, 3.8) is 0 Å². The van der Waals surface area contributed by atoms with Crippen LogP contribution in [0.1, 0.15) is 5.56 Å². The highest BCUT2D eigenvalue weighted by atomic mass is 35.5. The first-order valence-electron chi connectivity index (χ1n) is 5.87. The molecule has 0 aliphatic carbocycles. The van der Waals surface area contributed by atoms with Crippen LogP contribution in [0.2, 0.25) is 10.0 Å². The van der Waals surface area contributed by atoms with E-state index in [4.69, 9.17) is 23.2 Å². The monoisotopic (exact) mass is 351 g/mol. The molecular formula is C14H10Cl2F3NS. The Labute approximate surface area is 134 Å². The Bertz CT molecular complexity index is 615. The van der Waals surface area contributed by atoms with Gasteiger partial charge in [0.05, 0.1) is 0 Å². The zero-order valence-corrected chi connectivity index (χ0v) is 12.9. The molecule has 1 nitrogen and oxygen atoms in total. The lowest BCUT2D eigenvalue weighted by atomic mass is 10.2. The Morgan fingerprint density at radius 1 is 1.00 bits per heavy atom. The summed E-state index contributed by atoms with van der Waals surface area (Å²) in [6.07, 6.45) is 0. The van der Waals surface area contributed by atoms with E-state index >= 15 is 0 Å². The number of hydrogen-bond donors (Lipinski definition) is 1. The van der Waals surface area contributed by atoms with E-state index < -0.39 is 5.51 Å². The van der Waals surface area contributed by atoms with E-state index in [9.17, 15) is 13.2 Å². The third kappa shape index (κ3) is 5.34. The van der Waals surface area contributed by atoms with Crippen LogP contribution >= 0.6 is 35.0 Å². The van der Waals surface area contributed by atoms with Crippen LogP contribution < -0.4 is 5.32 Å². The van der Waals surface area contributed by atoms with Crippen LogP contribution in [-0.2, 0) is 6.54 Å². The second kappa shape index (κ2) is 6.81. The number of rotatable bonds is 4. The molecule has 2 rings (SSSR count). The average Bonchev–Trinajstić information content (AvgIpc) is 2.40. The third-order valence-corrected chi connectivity index (χ3v) is 3.92. The number of alkyl halides is 3. The molecule has 0 aliphatic heterocycles. The Hall–Kier alpha value is -1.04. The predicted octanol–water partition coefficient (Wildman–Crippen LogP) is 6.22. The molecule has 2 aromatic rings. The van der Waals surface area contributed by atoms with Gasteiger partial charge in [0.25, 0.3) is 0 Å². The maximum atomic E-state index is 12.2. The van der Waals surface area contributed by atoms with Gasteiger partial charge in [-0.3, -0.25) is 0 Å². The summed E-state index contributed by atoms with van der Waals surface area (Å²) in [7, 11) is 0. The summed E-state index contributed by atoms with van der Waals surface area (Å²) in [5.74, 6) is 0. The summed E-state index contributed by atoms with van der Waals surface area (Å²) in [5, 5.41) is 4.24. The molecule has 0 fully saturated rings. The average molecular weight is 352 g/mol. The van der Waals surface area contributed by atoms with Crippen molar-refractivity contribution in [2.45, 2.75) is 16.9 Å². The van der Waals surface area contributed by atoms with Gasteiger partial charge in [0.2, 0.25) is 0 Å². The van der Waals surface area contributed by atoms with E-state index in [1.807, 2.05) is 0 Å². The van der Waals surface area contributed by atoms with Crippen molar-refractivity contribution in [1.29, 1.82) is 0 Å². The van der Waals surface area contributed by atoms with Crippen LogP contribution in [0.15, 0.2) is 47.4 Å². The Kier molecular flexibility index (Phi) is 5.30. The van der Waals surface area contributed by atoms with Crippen LogP contribution in [0.3, 0.4) is 0 Å². The van der Waals surface area contributed by atoms with Crippen molar-refractivity contribution in [1.82, 2.24) is 0 Å². The Balaban J connectivity index is 1.99. The second-order valence-electron chi connectivity index (χ2n) is 4.16. The minimum Gasteiger partial charge on any atom is -0.381 e. The standard InChI is InChI=1S/C14H10Cl2F3NS/c15-10-1-6-13(16)9(7-10)8-20-11-2-4-12(5-3-11)21-14(17,18)19/h1-7,20H,8H2. The molecule has 7 heteroatoms. The third-order valence-electron chi connectivity index (χ3n) is 2.58. The normalized spacial score (nSPS) is 11.5. The lowest BCUT2D eigenvalue weighted by Crippen LogP contribution is -2.01. The summed E-state index contributed by atoms with van der Waals surface area (Å²) in [5.41, 5.74) is -2.75. The number of halogens is 5. The van der Waals surface area contributed by atoms with Gasteiger partial charge in [-0.05, 0) is 59.8 Å². The van der Waals surface area contributed by atoms with Crippen LogP contribution in [0.25, 0.3) is 0 Å². The molecule has 0 saturated carbocycles. The number of anilines is 1. The Morgan fingerprint density at radius 3 is 2.29 bits per heavy atom. The van der Waals surface area contributed by atoms with E-state index in [0.717, 1.165) is 5.56 Å². The smallest absolute Gasteiger partial charge is 0.381 e. The van der Waals surface area contributed by atoms with Crippen LogP contribution in [0.4, 0.5) is 18.9 Å². The SMILES string of the molecule is FC(F)(F)Sc1ccc(NCc2cc(Cl)ccc2Cl)cc1. The zero-order chi connectivity index (χ0) is 15.5. The molecule has 0 atom stereocenters. The first-order chi connectivity index (χ1) is 9.83.